The minimum Gasteiger partial charge on any atom is -0.452 e. The van der Waals surface area contributed by atoms with Crippen LogP contribution in [-0.2, 0) is 14.3 Å². The number of rotatable bonds is 5. The molecular weight excluding hydrogens is 385 g/mol. The number of carbonyl (C=O) groups is 2. The number of fused-ring (bicyclic) bond motifs is 1. The summed E-state index contributed by atoms with van der Waals surface area (Å²) in [5.74, 6) is -1.12. The maximum absolute atomic E-state index is 11.9. The van der Waals surface area contributed by atoms with E-state index < -0.39 is 18.5 Å². The molecule has 1 N–H and O–H groups in total. The summed E-state index contributed by atoms with van der Waals surface area (Å²) < 4.78 is 4.97. The molecule has 0 heterocycles. The normalized spacial score (nSPS) is 10.9. The van der Waals surface area contributed by atoms with Crippen molar-refractivity contribution in [2.75, 3.05) is 11.9 Å². The lowest BCUT2D eigenvalue weighted by molar-refractivity contribution is -0.142. The second kappa shape index (κ2) is 8.71. The Kier molecular flexibility index (Phi) is 6.12. The van der Waals surface area contributed by atoms with Crippen LogP contribution in [0.15, 0.2) is 66.7 Å². The van der Waals surface area contributed by atoms with Crippen molar-refractivity contribution in [1.29, 1.82) is 0 Å². The molecule has 6 heteroatoms. The predicted octanol–water partition coefficient (Wildman–Crippen LogP) is 5.34. The first-order valence-electron chi connectivity index (χ1n) is 8.10. The lowest BCUT2D eigenvalue weighted by atomic mass is 10.0. The number of halogens is 2. The smallest absolute Gasteiger partial charge is 0.331 e. The molecule has 0 aliphatic rings. The zero-order chi connectivity index (χ0) is 19.2. The van der Waals surface area contributed by atoms with Crippen LogP contribution in [0.25, 0.3) is 16.8 Å². The summed E-state index contributed by atoms with van der Waals surface area (Å²) in [6, 6.07) is 18.4. The Bertz CT molecular complexity index is 1030. The molecule has 1 amide bonds. The highest BCUT2D eigenvalue weighted by Crippen LogP contribution is 2.25. The second-order valence-corrected chi connectivity index (χ2v) is 6.53. The maximum Gasteiger partial charge on any atom is 0.331 e. The van der Waals surface area contributed by atoms with Gasteiger partial charge in [0.1, 0.15) is 0 Å². The molecule has 3 aromatic rings. The third-order valence-corrected chi connectivity index (χ3v) is 4.34. The highest BCUT2D eigenvalue weighted by molar-refractivity contribution is 6.35. The molecule has 0 spiro atoms. The van der Waals surface area contributed by atoms with Crippen molar-refractivity contribution in [2.24, 2.45) is 0 Å². The fourth-order valence-corrected chi connectivity index (χ4v) is 2.85. The fourth-order valence-electron chi connectivity index (χ4n) is 2.52. The Morgan fingerprint density at radius 1 is 1.00 bits per heavy atom. The highest BCUT2D eigenvalue weighted by Gasteiger charge is 2.09. The molecule has 0 aromatic heterocycles. The Morgan fingerprint density at radius 3 is 2.63 bits per heavy atom. The largest absolute Gasteiger partial charge is 0.452 e. The van der Waals surface area contributed by atoms with Gasteiger partial charge in [-0.3, -0.25) is 4.79 Å². The third-order valence-electron chi connectivity index (χ3n) is 3.77. The van der Waals surface area contributed by atoms with Gasteiger partial charge in [0.05, 0.1) is 10.7 Å². The molecule has 3 aromatic carbocycles. The average molecular weight is 400 g/mol. The molecule has 136 valence electrons. The van der Waals surface area contributed by atoms with E-state index in [-0.39, 0.29) is 0 Å². The van der Waals surface area contributed by atoms with E-state index in [0.717, 1.165) is 16.3 Å². The SMILES string of the molecule is O=C(COC(=O)/C=C/c1cccc2ccccc12)Nc1cc(Cl)ccc1Cl. The van der Waals surface area contributed by atoms with Crippen molar-refractivity contribution in [3.8, 4) is 0 Å². The Labute approximate surface area is 166 Å². The molecular formula is C21H15Cl2NO3. The monoisotopic (exact) mass is 399 g/mol. The molecule has 0 atom stereocenters. The molecule has 0 saturated heterocycles. The van der Waals surface area contributed by atoms with Gasteiger partial charge in [0.25, 0.3) is 5.91 Å². The van der Waals surface area contributed by atoms with Crippen molar-refractivity contribution < 1.29 is 14.3 Å². The summed E-state index contributed by atoms with van der Waals surface area (Å²) in [4.78, 5) is 23.8. The molecule has 3 rings (SSSR count). The first-order chi connectivity index (χ1) is 13.0. The zero-order valence-corrected chi connectivity index (χ0v) is 15.6. The number of benzene rings is 3. The van der Waals surface area contributed by atoms with E-state index in [1.165, 1.54) is 12.1 Å². The number of hydrogen-bond acceptors (Lipinski definition) is 3. The second-order valence-electron chi connectivity index (χ2n) is 5.68. The lowest BCUT2D eigenvalue weighted by Gasteiger charge is -2.07. The van der Waals surface area contributed by atoms with Gasteiger partial charge in [0.2, 0.25) is 0 Å². The van der Waals surface area contributed by atoms with Crippen LogP contribution in [0.5, 0.6) is 0 Å². The van der Waals surface area contributed by atoms with Crippen LogP contribution in [0, 0.1) is 0 Å². The molecule has 0 unspecified atom stereocenters. The van der Waals surface area contributed by atoms with Gasteiger partial charge in [-0.1, -0.05) is 65.7 Å². The van der Waals surface area contributed by atoms with Crippen LogP contribution in [0.3, 0.4) is 0 Å². The Hall–Kier alpha value is -2.82. The van der Waals surface area contributed by atoms with Crippen molar-refractivity contribution in [3.63, 3.8) is 0 Å². The predicted molar refractivity (Wildman–Crippen MR) is 109 cm³/mol. The van der Waals surface area contributed by atoms with Crippen molar-refractivity contribution in [3.05, 3.63) is 82.3 Å². The quantitative estimate of drug-likeness (QED) is 0.465. The maximum atomic E-state index is 11.9. The summed E-state index contributed by atoms with van der Waals surface area (Å²) in [6.45, 7) is -0.429. The number of amides is 1. The van der Waals surface area contributed by atoms with Crippen LogP contribution >= 0.6 is 23.2 Å². The van der Waals surface area contributed by atoms with E-state index in [9.17, 15) is 9.59 Å². The van der Waals surface area contributed by atoms with E-state index in [2.05, 4.69) is 5.32 Å². The van der Waals surface area contributed by atoms with Gasteiger partial charge in [0, 0.05) is 11.1 Å². The lowest BCUT2D eigenvalue weighted by Crippen LogP contribution is -2.20. The number of carbonyl (C=O) groups excluding carboxylic acids is 2. The van der Waals surface area contributed by atoms with Gasteiger partial charge < -0.3 is 10.1 Å². The van der Waals surface area contributed by atoms with E-state index in [1.807, 2.05) is 42.5 Å². The summed E-state index contributed by atoms with van der Waals surface area (Å²) in [6.07, 6.45) is 2.96. The molecule has 0 aliphatic carbocycles. The van der Waals surface area contributed by atoms with Crippen molar-refractivity contribution in [1.82, 2.24) is 0 Å². The van der Waals surface area contributed by atoms with Crippen LogP contribution < -0.4 is 5.32 Å². The highest BCUT2D eigenvalue weighted by atomic mass is 35.5. The van der Waals surface area contributed by atoms with E-state index >= 15 is 0 Å². The molecule has 27 heavy (non-hydrogen) atoms. The summed E-state index contributed by atoms with van der Waals surface area (Å²) in [5.41, 5.74) is 1.25. The van der Waals surface area contributed by atoms with Gasteiger partial charge in [-0.2, -0.15) is 0 Å². The third kappa shape index (κ3) is 5.09. The molecule has 4 nitrogen and oxygen atoms in total. The van der Waals surface area contributed by atoms with Gasteiger partial charge in [-0.15, -0.1) is 0 Å². The first-order valence-corrected chi connectivity index (χ1v) is 8.86. The summed E-state index contributed by atoms with van der Waals surface area (Å²) in [7, 11) is 0. The van der Waals surface area contributed by atoms with Gasteiger partial charge in [-0.25, -0.2) is 4.79 Å². The summed E-state index contributed by atoms with van der Waals surface area (Å²) >= 11 is 11.8. The Morgan fingerprint density at radius 2 is 1.78 bits per heavy atom. The molecule has 0 saturated carbocycles. The van der Waals surface area contributed by atoms with Crippen LogP contribution in [0.2, 0.25) is 10.0 Å². The van der Waals surface area contributed by atoms with Crippen LogP contribution in [0.4, 0.5) is 5.69 Å². The number of ether oxygens (including phenoxy) is 1. The Balaban J connectivity index is 1.58. The molecule has 0 fully saturated rings. The summed E-state index contributed by atoms with van der Waals surface area (Å²) in [5, 5.41) is 5.43. The minimum atomic E-state index is -0.615. The average Bonchev–Trinajstić information content (AvgIpc) is 2.67. The number of anilines is 1. The van der Waals surface area contributed by atoms with Crippen molar-refractivity contribution in [2.45, 2.75) is 0 Å². The van der Waals surface area contributed by atoms with Gasteiger partial charge in [-0.05, 0) is 40.6 Å². The number of hydrogen-bond donors (Lipinski definition) is 1. The van der Waals surface area contributed by atoms with E-state index in [4.69, 9.17) is 27.9 Å². The van der Waals surface area contributed by atoms with Crippen LogP contribution in [-0.4, -0.2) is 18.5 Å². The van der Waals surface area contributed by atoms with Crippen LogP contribution in [0.1, 0.15) is 5.56 Å². The van der Waals surface area contributed by atoms with E-state index in [1.54, 1.807) is 18.2 Å². The number of esters is 1. The zero-order valence-electron chi connectivity index (χ0n) is 14.1. The molecule has 0 aliphatic heterocycles. The fraction of sp³-hybridized carbons (Fsp3) is 0.0476. The van der Waals surface area contributed by atoms with Crippen molar-refractivity contribution >= 4 is 57.6 Å². The van der Waals surface area contributed by atoms with E-state index in [0.29, 0.717) is 15.7 Å². The topological polar surface area (TPSA) is 55.4 Å². The first kappa shape index (κ1) is 19.0. The standard InChI is InChI=1S/C21H15Cl2NO3/c22-16-9-10-18(23)19(12-16)24-20(25)13-27-21(26)11-8-15-6-3-5-14-4-1-2-7-17(14)15/h1-12H,13H2,(H,24,25)/b11-8+. The van der Waals surface area contributed by atoms with Gasteiger partial charge >= 0.3 is 5.97 Å². The number of nitrogens with one attached hydrogen (secondary N) is 1. The minimum absolute atomic E-state index is 0.343. The molecule has 0 radical (unpaired) electrons. The van der Waals surface area contributed by atoms with Gasteiger partial charge in [0.15, 0.2) is 6.61 Å². The molecule has 0 bridgehead atoms.